The molecule has 3 rings (SSSR count). The number of hydrogen-bond donors (Lipinski definition) is 0. The predicted octanol–water partition coefficient (Wildman–Crippen LogP) is 2.82. The van der Waals surface area contributed by atoms with Crippen molar-refractivity contribution >= 4 is 33.2 Å². The van der Waals surface area contributed by atoms with E-state index in [0.717, 1.165) is 29.0 Å². The summed E-state index contributed by atoms with van der Waals surface area (Å²) >= 11 is 5.00. The summed E-state index contributed by atoms with van der Waals surface area (Å²) < 4.78 is 1.03. The normalized spacial score (nSPS) is 24.9. The molecular weight excluding hydrogens is 312 g/mol. The van der Waals surface area contributed by atoms with Gasteiger partial charge >= 0.3 is 0 Å². The second-order valence-electron chi connectivity index (χ2n) is 5.08. The lowest BCUT2D eigenvalue weighted by atomic mass is 9.99. The van der Waals surface area contributed by atoms with Crippen molar-refractivity contribution in [1.82, 2.24) is 9.80 Å². The van der Waals surface area contributed by atoms with Gasteiger partial charge in [-0.3, -0.25) is 9.69 Å². The Hall–Kier alpha value is -0.390. The molecule has 2 aliphatic heterocycles. The van der Waals surface area contributed by atoms with Crippen molar-refractivity contribution in [2.45, 2.75) is 25.3 Å². The summed E-state index contributed by atoms with van der Waals surface area (Å²) in [7, 11) is 0. The second-order valence-corrected chi connectivity index (χ2v) is 7.37. The largest absolute Gasteiger partial charge is 0.336 e. The lowest BCUT2D eigenvalue weighted by Gasteiger charge is -2.44. The van der Waals surface area contributed by atoms with E-state index in [2.05, 4.69) is 20.8 Å². The lowest BCUT2D eigenvalue weighted by molar-refractivity contribution is 0.0373. The summed E-state index contributed by atoms with van der Waals surface area (Å²) in [6.07, 6.45) is 3.88. The fourth-order valence-electron chi connectivity index (χ4n) is 2.95. The Morgan fingerprint density at radius 3 is 3.00 bits per heavy atom. The van der Waals surface area contributed by atoms with Gasteiger partial charge < -0.3 is 4.90 Å². The summed E-state index contributed by atoms with van der Waals surface area (Å²) in [6, 6.07) is 2.53. The summed E-state index contributed by atoms with van der Waals surface area (Å²) in [5, 5.41) is 1.94. The number of piperazine rings is 1. The number of amides is 1. The molecule has 0 spiro atoms. The molecule has 3 heterocycles. The Labute approximate surface area is 120 Å². The average Bonchev–Trinajstić information content (AvgIpc) is 2.84. The summed E-state index contributed by atoms with van der Waals surface area (Å²) in [5.74, 6) is 0.196. The Morgan fingerprint density at radius 2 is 2.22 bits per heavy atom. The minimum Gasteiger partial charge on any atom is -0.336 e. The SMILES string of the molecule is O=C(c1csc(Br)c1)N1CCN2CCCC[C@@H]2C1. The average molecular weight is 329 g/mol. The first-order chi connectivity index (χ1) is 8.74. The van der Waals surface area contributed by atoms with Crippen molar-refractivity contribution in [2.24, 2.45) is 0 Å². The number of rotatable bonds is 1. The summed E-state index contributed by atoms with van der Waals surface area (Å²) in [6.45, 7) is 4.05. The third kappa shape index (κ3) is 2.49. The van der Waals surface area contributed by atoms with Gasteiger partial charge in [-0.15, -0.1) is 11.3 Å². The molecule has 2 saturated heterocycles. The van der Waals surface area contributed by atoms with Gasteiger partial charge in [0.2, 0.25) is 0 Å². The van der Waals surface area contributed by atoms with Crippen LogP contribution in [0.1, 0.15) is 29.6 Å². The Morgan fingerprint density at radius 1 is 1.33 bits per heavy atom. The monoisotopic (exact) mass is 328 g/mol. The Kier molecular flexibility index (Phi) is 3.73. The maximum Gasteiger partial charge on any atom is 0.254 e. The van der Waals surface area contributed by atoms with Crippen LogP contribution in [0.15, 0.2) is 15.2 Å². The number of halogens is 1. The molecule has 1 atom stereocenters. The van der Waals surface area contributed by atoms with E-state index >= 15 is 0 Å². The van der Waals surface area contributed by atoms with Crippen LogP contribution in [0.5, 0.6) is 0 Å². The maximum absolute atomic E-state index is 12.4. The van der Waals surface area contributed by atoms with E-state index in [-0.39, 0.29) is 5.91 Å². The van der Waals surface area contributed by atoms with Crippen molar-refractivity contribution in [1.29, 1.82) is 0 Å². The van der Waals surface area contributed by atoms with Gasteiger partial charge in [-0.1, -0.05) is 6.42 Å². The van der Waals surface area contributed by atoms with Crippen LogP contribution < -0.4 is 0 Å². The van der Waals surface area contributed by atoms with Gasteiger partial charge in [-0.25, -0.2) is 0 Å². The van der Waals surface area contributed by atoms with Gasteiger partial charge in [0.15, 0.2) is 0 Å². The number of thiophene rings is 1. The van der Waals surface area contributed by atoms with E-state index < -0.39 is 0 Å². The molecule has 2 aliphatic rings. The molecule has 18 heavy (non-hydrogen) atoms. The van der Waals surface area contributed by atoms with E-state index in [1.807, 2.05) is 16.3 Å². The first-order valence-electron chi connectivity index (χ1n) is 6.51. The molecular formula is C13H17BrN2OS. The van der Waals surface area contributed by atoms with Gasteiger partial charge in [-0.05, 0) is 41.4 Å². The first kappa shape index (κ1) is 12.6. The number of carbonyl (C=O) groups excluding carboxylic acids is 1. The van der Waals surface area contributed by atoms with Crippen LogP contribution in [0, 0.1) is 0 Å². The standard InChI is InChI=1S/C13H17BrN2OS/c14-12-7-10(9-18-12)13(17)16-6-5-15-4-2-1-3-11(15)8-16/h7,9,11H,1-6,8H2/t11-/m1/s1. The van der Waals surface area contributed by atoms with Crippen molar-refractivity contribution < 1.29 is 4.79 Å². The highest BCUT2D eigenvalue weighted by molar-refractivity contribution is 9.11. The molecule has 1 aromatic rings. The van der Waals surface area contributed by atoms with Crippen molar-refractivity contribution in [3.05, 3.63) is 20.8 Å². The van der Waals surface area contributed by atoms with E-state index in [1.165, 1.54) is 25.8 Å². The highest BCUT2D eigenvalue weighted by atomic mass is 79.9. The fourth-order valence-corrected chi connectivity index (χ4v) is 4.08. The zero-order valence-electron chi connectivity index (χ0n) is 10.3. The molecule has 0 N–H and O–H groups in total. The van der Waals surface area contributed by atoms with Crippen LogP contribution in [0.3, 0.4) is 0 Å². The Bertz CT molecular complexity index is 448. The van der Waals surface area contributed by atoms with E-state index in [4.69, 9.17) is 0 Å². The Balaban J connectivity index is 1.68. The zero-order valence-corrected chi connectivity index (χ0v) is 12.7. The summed E-state index contributed by atoms with van der Waals surface area (Å²) in [4.78, 5) is 17.0. The van der Waals surface area contributed by atoms with E-state index in [9.17, 15) is 4.79 Å². The van der Waals surface area contributed by atoms with Crippen LogP contribution >= 0.6 is 27.3 Å². The molecule has 3 nitrogen and oxygen atoms in total. The third-order valence-electron chi connectivity index (χ3n) is 3.94. The van der Waals surface area contributed by atoms with Crippen LogP contribution in [-0.4, -0.2) is 47.9 Å². The molecule has 1 aromatic heterocycles. The number of piperidine rings is 1. The van der Waals surface area contributed by atoms with Crippen molar-refractivity contribution in [2.75, 3.05) is 26.2 Å². The van der Waals surface area contributed by atoms with Crippen LogP contribution in [0.25, 0.3) is 0 Å². The van der Waals surface area contributed by atoms with Gasteiger partial charge in [-0.2, -0.15) is 0 Å². The molecule has 0 aromatic carbocycles. The highest BCUT2D eigenvalue weighted by Crippen LogP contribution is 2.25. The second kappa shape index (κ2) is 5.31. The van der Waals surface area contributed by atoms with Crippen LogP contribution in [-0.2, 0) is 0 Å². The molecule has 1 amide bonds. The fraction of sp³-hybridized carbons (Fsp3) is 0.615. The van der Waals surface area contributed by atoms with Crippen LogP contribution in [0.2, 0.25) is 0 Å². The van der Waals surface area contributed by atoms with Gasteiger partial charge in [0.25, 0.3) is 5.91 Å². The third-order valence-corrected chi connectivity index (χ3v) is 5.44. The smallest absolute Gasteiger partial charge is 0.254 e. The van der Waals surface area contributed by atoms with Gasteiger partial charge in [0, 0.05) is 31.1 Å². The summed E-state index contributed by atoms with van der Waals surface area (Å²) in [5.41, 5.74) is 0.830. The van der Waals surface area contributed by atoms with Crippen molar-refractivity contribution in [3.8, 4) is 0 Å². The van der Waals surface area contributed by atoms with Crippen molar-refractivity contribution in [3.63, 3.8) is 0 Å². The highest BCUT2D eigenvalue weighted by Gasteiger charge is 2.31. The number of hydrogen-bond acceptors (Lipinski definition) is 3. The molecule has 98 valence electrons. The van der Waals surface area contributed by atoms with Gasteiger partial charge in [0.05, 0.1) is 9.35 Å². The molecule has 0 radical (unpaired) electrons. The van der Waals surface area contributed by atoms with E-state index in [0.29, 0.717) is 6.04 Å². The topological polar surface area (TPSA) is 23.6 Å². The number of fused-ring (bicyclic) bond motifs is 1. The van der Waals surface area contributed by atoms with E-state index in [1.54, 1.807) is 11.3 Å². The number of nitrogens with zero attached hydrogens (tertiary/aromatic N) is 2. The van der Waals surface area contributed by atoms with Gasteiger partial charge in [0.1, 0.15) is 0 Å². The lowest BCUT2D eigenvalue weighted by Crippen LogP contribution is -2.56. The predicted molar refractivity (Wildman–Crippen MR) is 77.1 cm³/mol. The molecule has 2 fully saturated rings. The first-order valence-corrected chi connectivity index (χ1v) is 8.18. The molecule has 0 unspecified atom stereocenters. The zero-order chi connectivity index (χ0) is 12.5. The quantitative estimate of drug-likeness (QED) is 0.791. The molecule has 0 saturated carbocycles. The molecule has 0 aliphatic carbocycles. The minimum absolute atomic E-state index is 0.196. The van der Waals surface area contributed by atoms with Crippen LogP contribution in [0.4, 0.5) is 0 Å². The molecule has 0 bridgehead atoms. The minimum atomic E-state index is 0.196. The molecule has 5 heteroatoms. The maximum atomic E-state index is 12.4. The number of carbonyl (C=O) groups is 1.